The number of guanidine groups is 1. The van der Waals surface area contributed by atoms with Crippen LogP contribution in [-0.2, 0) is 0 Å². The van der Waals surface area contributed by atoms with Gasteiger partial charge in [0.15, 0.2) is 5.96 Å². The van der Waals surface area contributed by atoms with E-state index >= 15 is 0 Å². The molecule has 104 valence electrons. The van der Waals surface area contributed by atoms with Crippen LogP contribution in [0.1, 0.15) is 16.8 Å². The minimum Gasteiger partial charge on any atom is -0.359 e. The van der Waals surface area contributed by atoms with Crippen molar-refractivity contribution in [3.8, 4) is 0 Å². The molecule has 0 saturated heterocycles. The van der Waals surface area contributed by atoms with Gasteiger partial charge < -0.3 is 16.0 Å². The zero-order valence-corrected chi connectivity index (χ0v) is 11.2. The summed E-state index contributed by atoms with van der Waals surface area (Å²) in [4.78, 5) is 15.6. The van der Waals surface area contributed by atoms with Crippen molar-refractivity contribution in [2.45, 2.75) is 6.42 Å². The number of aliphatic imine (C=N–C) groups is 1. The number of halogens is 1. The number of hydrogen-bond acceptors (Lipinski definition) is 2. The summed E-state index contributed by atoms with van der Waals surface area (Å²) < 4.78 is 12.9. The lowest BCUT2D eigenvalue weighted by atomic mass is 10.2. The zero-order chi connectivity index (χ0) is 14.1. The summed E-state index contributed by atoms with van der Waals surface area (Å²) in [5.41, 5.74) is 0.332. The first kappa shape index (κ1) is 14.9. The summed E-state index contributed by atoms with van der Waals surface area (Å²) in [7, 11) is 3.46. The Balaban J connectivity index is 2.25. The standard InChI is InChI=1S/C13H19FN4O/c1-15-13(16-2)18-8-4-7-17-12(19)10-5-3-6-11(14)9-10/h3,5-6,9H,4,7-8H2,1-2H3,(H,17,19)(H2,15,16,18). The van der Waals surface area contributed by atoms with Gasteiger partial charge in [-0.25, -0.2) is 4.39 Å². The molecule has 1 aromatic rings. The molecule has 0 unspecified atom stereocenters. The Bertz CT molecular complexity index is 448. The summed E-state index contributed by atoms with van der Waals surface area (Å²) in [5, 5.41) is 8.69. The summed E-state index contributed by atoms with van der Waals surface area (Å²) >= 11 is 0. The van der Waals surface area contributed by atoms with Crippen molar-refractivity contribution in [3.63, 3.8) is 0 Å². The molecule has 0 aliphatic carbocycles. The molecule has 0 aliphatic heterocycles. The molecule has 1 rings (SSSR count). The van der Waals surface area contributed by atoms with E-state index in [0.717, 1.165) is 6.42 Å². The van der Waals surface area contributed by atoms with Crippen molar-refractivity contribution in [2.75, 3.05) is 27.2 Å². The molecule has 6 heteroatoms. The van der Waals surface area contributed by atoms with Crippen molar-refractivity contribution in [1.29, 1.82) is 0 Å². The number of carbonyl (C=O) groups excluding carboxylic acids is 1. The largest absolute Gasteiger partial charge is 0.359 e. The van der Waals surface area contributed by atoms with E-state index in [0.29, 0.717) is 24.6 Å². The molecular formula is C13H19FN4O. The van der Waals surface area contributed by atoms with Crippen LogP contribution >= 0.6 is 0 Å². The normalized spacial score (nSPS) is 11.0. The number of benzene rings is 1. The molecular weight excluding hydrogens is 247 g/mol. The van der Waals surface area contributed by atoms with Gasteiger partial charge >= 0.3 is 0 Å². The van der Waals surface area contributed by atoms with E-state index in [1.807, 2.05) is 0 Å². The molecule has 0 aromatic heterocycles. The molecule has 1 aromatic carbocycles. The van der Waals surface area contributed by atoms with Gasteiger partial charge in [0.2, 0.25) is 0 Å². The minimum absolute atomic E-state index is 0.266. The first-order valence-corrected chi connectivity index (χ1v) is 6.09. The maximum absolute atomic E-state index is 12.9. The molecule has 0 heterocycles. The van der Waals surface area contributed by atoms with Gasteiger partial charge in [0.1, 0.15) is 5.82 Å². The Labute approximate surface area is 112 Å². The zero-order valence-electron chi connectivity index (χ0n) is 11.2. The summed E-state index contributed by atoms with van der Waals surface area (Å²) in [5.74, 6) is 0.0288. The maximum Gasteiger partial charge on any atom is 0.251 e. The van der Waals surface area contributed by atoms with Crippen molar-refractivity contribution < 1.29 is 9.18 Å². The van der Waals surface area contributed by atoms with Crippen LogP contribution in [0.2, 0.25) is 0 Å². The predicted octanol–water partition coefficient (Wildman–Crippen LogP) is 0.740. The minimum atomic E-state index is -0.410. The average Bonchev–Trinajstić information content (AvgIpc) is 2.42. The summed E-state index contributed by atoms with van der Waals surface area (Å²) in [6.45, 7) is 1.21. The lowest BCUT2D eigenvalue weighted by Crippen LogP contribution is -2.36. The van der Waals surface area contributed by atoms with Gasteiger partial charge in [-0.05, 0) is 24.6 Å². The van der Waals surface area contributed by atoms with Crippen molar-refractivity contribution >= 4 is 11.9 Å². The molecule has 0 spiro atoms. The fourth-order valence-electron chi connectivity index (χ4n) is 1.51. The number of nitrogens with one attached hydrogen (secondary N) is 3. The van der Waals surface area contributed by atoms with E-state index in [2.05, 4.69) is 20.9 Å². The van der Waals surface area contributed by atoms with E-state index in [1.54, 1.807) is 20.2 Å². The summed E-state index contributed by atoms with van der Waals surface area (Å²) in [6.07, 6.45) is 0.752. The van der Waals surface area contributed by atoms with E-state index in [9.17, 15) is 9.18 Å². The molecule has 0 saturated carbocycles. The first-order valence-electron chi connectivity index (χ1n) is 6.09. The van der Waals surface area contributed by atoms with E-state index in [4.69, 9.17) is 0 Å². The van der Waals surface area contributed by atoms with Gasteiger partial charge in [0, 0.05) is 32.7 Å². The van der Waals surface area contributed by atoms with E-state index in [1.165, 1.54) is 18.2 Å². The van der Waals surface area contributed by atoms with Crippen LogP contribution in [0.15, 0.2) is 29.3 Å². The third kappa shape index (κ3) is 5.37. The SMILES string of the molecule is CN=C(NC)NCCCNC(=O)c1cccc(F)c1. The smallest absolute Gasteiger partial charge is 0.251 e. The monoisotopic (exact) mass is 266 g/mol. The molecule has 0 bridgehead atoms. The molecule has 19 heavy (non-hydrogen) atoms. The summed E-state index contributed by atoms with van der Waals surface area (Å²) in [6, 6.07) is 5.63. The van der Waals surface area contributed by atoms with Gasteiger partial charge in [-0.15, -0.1) is 0 Å². The van der Waals surface area contributed by atoms with Gasteiger partial charge in [-0.1, -0.05) is 6.07 Å². The Hall–Kier alpha value is -2.11. The predicted molar refractivity (Wildman–Crippen MR) is 73.8 cm³/mol. The molecule has 0 aliphatic rings. The molecule has 0 radical (unpaired) electrons. The van der Waals surface area contributed by atoms with Crippen LogP contribution in [0.4, 0.5) is 4.39 Å². The van der Waals surface area contributed by atoms with Crippen molar-refractivity contribution in [1.82, 2.24) is 16.0 Å². The van der Waals surface area contributed by atoms with Crippen LogP contribution in [0.5, 0.6) is 0 Å². The lowest BCUT2D eigenvalue weighted by molar-refractivity contribution is 0.0953. The number of amides is 1. The second-order valence-corrected chi connectivity index (χ2v) is 3.87. The van der Waals surface area contributed by atoms with E-state index in [-0.39, 0.29) is 5.91 Å². The third-order valence-corrected chi connectivity index (χ3v) is 2.48. The number of hydrogen-bond donors (Lipinski definition) is 3. The Morgan fingerprint density at radius 1 is 1.32 bits per heavy atom. The molecule has 0 fully saturated rings. The highest BCUT2D eigenvalue weighted by Crippen LogP contribution is 2.02. The van der Waals surface area contributed by atoms with Crippen LogP contribution in [-0.4, -0.2) is 39.1 Å². The highest BCUT2D eigenvalue weighted by molar-refractivity contribution is 5.94. The van der Waals surface area contributed by atoms with Crippen LogP contribution < -0.4 is 16.0 Å². The Kier molecular flexibility index (Phi) is 6.35. The van der Waals surface area contributed by atoms with Crippen molar-refractivity contribution in [2.24, 2.45) is 4.99 Å². The molecule has 0 atom stereocenters. The maximum atomic E-state index is 12.9. The van der Waals surface area contributed by atoms with Gasteiger partial charge in [0.05, 0.1) is 0 Å². The average molecular weight is 266 g/mol. The topological polar surface area (TPSA) is 65.5 Å². The highest BCUT2D eigenvalue weighted by atomic mass is 19.1. The van der Waals surface area contributed by atoms with Gasteiger partial charge in [-0.2, -0.15) is 0 Å². The Morgan fingerprint density at radius 3 is 2.68 bits per heavy atom. The molecule has 3 N–H and O–H groups in total. The first-order chi connectivity index (χ1) is 9.17. The number of nitrogens with zero attached hydrogens (tertiary/aromatic N) is 1. The lowest BCUT2D eigenvalue weighted by Gasteiger charge is -2.09. The quantitative estimate of drug-likeness (QED) is 0.418. The number of carbonyl (C=O) groups is 1. The fraction of sp³-hybridized carbons (Fsp3) is 0.385. The second kappa shape index (κ2) is 8.07. The fourth-order valence-corrected chi connectivity index (χ4v) is 1.51. The van der Waals surface area contributed by atoms with Gasteiger partial charge in [0.25, 0.3) is 5.91 Å². The van der Waals surface area contributed by atoms with Crippen LogP contribution in [0.25, 0.3) is 0 Å². The Morgan fingerprint density at radius 2 is 2.05 bits per heavy atom. The molecule has 1 amide bonds. The van der Waals surface area contributed by atoms with Gasteiger partial charge in [-0.3, -0.25) is 9.79 Å². The van der Waals surface area contributed by atoms with Crippen LogP contribution in [0, 0.1) is 5.82 Å². The highest BCUT2D eigenvalue weighted by Gasteiger charge is 2.05. The second-order valence-electron chi connectivity index (χ2n) is 3.87. The number of rotatable bonds is 5. The van der Waals surface area contributed by atoms with Crippen LogP contribution in [0.3, 0.4) is 0 Å². The van der Waals surface area contributed by atoms with E-state index < -0.39 is 5.82 Å². The van der Waals surface area contributed by atoms with Crippen molar-refractivity contribution in [3.05, 3.63) is 35.6 Å². The third-order valence-electron chi connectivity index (χ3n) is 2.48. The molecule has 5 nitrogen and oxygen atoms in total.